The number of hydrogen-bond donors (Lipinski definition) is 2. The minimum atomic E-state index is -0.0837. The van der Waals surface area contributed by atoms with E-state index in [9.17, 15) is 19.2 Å². The molecule has 14 nitrogen and oxygen atoms in total. The van der Waals surface area contributed by atoms with Crippen LogP contribution in [0.25, 0.3) is 0 Å². The van der Waals surface area contributed by atoms with E-state index in [4.69, 9.17) is 4.74 Å². The van der Waals surface area contributed by atoms with E-state index in [-0.39, 0.29) is 67.5 Å². The summed E-state index contributed by atoms with van der Waals surface area (Å²) in [4.78, 5) is 66.0. The first kappa shape index (κ1) is 72.4. The highest BCUT2D eigenvalue weighted by molar-refractivity contribution is 5.92. The van der Waals surface area contributed by atoms with Crippen molar-refractivity contribution < 1.29 is 26.8 Å². The van der Waals surface area contributed by atoms with Crippen molar-refractivity contribution in [2.75, 3.05) is 91.8 Å². The van der Waals surface area contributed by atoms with Gasteiger partial charge in [0.15, 0.2) is 0 Å². The van der Waals surface area contributed by atoms with Crippen LogP contribution in [0.4, 0.5) is 0 Å². The summed E-state index contributed by atoms with van der Waals surface area (Å²) in [6.45, 7) is 41.8. The number of carbonyl (C=O) groups is 4. The Kier molecular flexibility index (Phi) is 25.1. The second-order valence-electron chi connectivity index (χ2n) is 31.9. The van der Waals surface area contributed by atoms with Gasteiger partial charge < -0.3 is 44.4 Å². The molecule has 0 saturated carbocycles. The zero-order valence-corrected chi connectivity index (χ0v) is 59.7. The van der Waals surface area contributed by atoms with Crippen LogP contribution in [0.2, 0.25) is 0 Å². The summed E-state index contributed by atoms with van der Waals surface area (Å²) in [5.74, 6) is 0.128. The highest BCUT2D eigenvalue weighted by Gasteiger charge is 2.47. The molecule has 3 fully saturated rings. The number of fused-ring (bicyclic) bond motifs is 6. The molecule has 3 spiro atoms. The molecule has 3 atom stereocenters. The maximum Gasteiger partial charge on any atom is 0.272 e. The number of benzene rings is 3. The van der Waals surface area contributed by atoms with E-state index in [2.05, 4.69) is 184 Å². The van der Waals surface area contributed by atoms with Gasteiger partial charge in [0.2, 0.25) is 17.7 Å². The van der Waals surface area contributed by atoms with Crippen molar-refractivity contribution in [2.45, 2.75) is 227 Å². The van der Waals surface area contributed by atoms with Crippen LogP contribution in [-0.4, -0.2) is 149 Å². The zero-order valence-electron chi connectivity index (χ0n) is 59.7. The van der Waals surface area contributed by atoms with E-state index in [1.807, 2.05) is 23.4 Å². The molecule has 10 rings (SSSR count). The number of amides is 4. The van der Waals surface area contributed by atoms with Crippen LogP contribution in [0.5, 0.6) is 0 Å². The maximum atomic E-state index is 13.4. The molecule has 14 heteroatoms. The lowest BCUT2D eigenvalue weighted by atomic mass is 9.63. The lowest BCUT2D eigenvalue weighted by molar-refractivity contribution is -0.134. The van der Waals surface area contributed by atoms with E-state index in [0.717, 1.165) is 38.5 Å². The number of rotatable bonds is 18. The van der Waals surface area contributed by atoms with Crippen molar-refractivity contribution >= 4 is 23.6 Å². The molecule has 4 heterocycles. The average molecular weight is 1270 g/mol. The molecular weight excluding hydrogens is 1140 g/mol. The third kappa shape index (κ3) is 18.7. The molecule has 2 N–H and O–H groups in total. The second-order valence-corrected chi connectivity index (χ2v) is 31.9. The Morgan fingerprint density at radius 1 is 0.576 bits per heavy atom. The van der Waals surface area contributed by atoms with E-state index in [0.29, 0.717) is 54.6 Å². The molecule has 4 aromatic rings. The van der Waals surface area contributed by atoms with Gasteiger partial charge >= 0.3 is 0 Å². The molecule has 4 amide bonds. The van der Waals surface area contributed by atoms with Gasteiger partial charge in [-0.1, -0.05) is 135 Å². The fourth-order valence-electron chi connectivity index (χ4n) is 16.1. The van der Waals surface area contributed by atoms with Crippen LogP contribution >= 0.6 is 0 Å². The lowest BCUT2D eigenvalue weighted by Crippen LogP contribution is -2.47. The molecule has 3 aliphatic carbocycles. The molecule has 512 valence electrons. The smallest absolute Gasteiger partial charge is 0.272 e. The van der Waals surface area contributed by atoms with Crippen LogP contribution in [-0.2, 0) is 42.4 Å². The van der Waals surface area contributed by atoms with Crippen LogP contribution in [0, 0.1) is 16.2 Å². The van der Waals surface area contributed by atoms with Crippen LogP contribution in [0.1, 0.15) is 258 Å². The SMILES string of the molecule is CCN(C(=O)CCNC(C)=O)[C@@H]1CCC2(CCN(CCC(C)(C)C)CC2)c2ccccc21.CCN(C(=O)c1cncn1C)[C@@H]1CCC2(CCN(CCC(C)(C)C)CC2)c2ccccc21.CCOCC(=O)N[C@@H]1CCC2(CCN(CCC(C)(C)C)CC2)c2ccccc21.[HH].[HH]. The molecule has 0 bridgehead atoms. The Morgan fingerprint density at radius 3 is 1.37 bits per heavy atom. The standard InChI is InChI=1S/C27H40N4O.C27H43N3O2.C24H38N2O2.2H2/c1-6-31(25(32)24-19-28-20-29(24)5)23-11-12-27(22-10-8-7-9-21(22)23)14-17-30(18-15-27)16-13-26(2,3)4;1-6-30(25(32)12-17-28-21(2)31)24-11-13-27(23-10-8-7-9-22(23)24)15-19-29(20-16-27)18-14-26(3,4)5;1-5-28-18-22(27)25-21-10-11-24(20-9-7-6-8-19(20)21)13-16-26(17-14-24)15-12-23(2,3)4;;/h7-10,19-20,23H,6,11-18H2,1-5H3;7-10,24H,6,11-20H2,1-5H3,(H,28,31);6-9,21H,5,10-18H2,1-4H3,(H,25,27);2*1H/t23-;24-;21-;;/m111../s1. The minimum absolute atomic E-state index is 0. The predicted molar refractivity (Wildman–Crippen MR) is 379 cm³/mol. The van der Waals surface area contributed by atoms with E-state index >= 15 is 0 Å². The number of carbonyl (C=O) groups excluding carboxylic acids is 4. The number of aromatic nitrogens is 2. The fraction of sp³-hybridized carbons (Fsp3) is 0.679. The van der Waals surface area contributed by atoms with Gasteiger partial charge in [0.1, 0.15) is 12.3 Å². The quantitative estimate of drug-likeness (QED) is 0.0998. The molecule has 92 heavy (non-hydrogen) atoms. The Labute approximate surface area is 559 Å². The Bertz CT molecular complexity index is 3030. The number of imidazole rings is 1. The Morgan fingerprint density at radius 2 is 0.978 bits per heavy atom. The van der Waals surface area contributed by atoms with Gasteiger partial charge in [-0.25, -0.2) is 4.98 Å². The van der Waals surface area contributed by atoms with E-state index in [1.165, 1.54) is 157 Å². The number of aryl methyl sites for hydroxylation is 1. The minimum Gasteiger partial charge on any atom is -0.372 e. The summed E-state index contributed by atoms with van der Waals surface area (Å²) in [6, 6.07) is 27.0. The maximum absolute atomic E-state index is 13.4. The number of piperidine rings is 3. The van der Waals surface area contributed by atoms with Crippen LogP contribution < -0.4 is 10.6 Å². The first-order valence-corrected chi connectivity index (χ1v) is 35.9. The molecule has 0 unspecified atom stereocenters. The Hall–Kier alpha value is -5.41. The molecule has 1 aromatic heterocycles. The van der Waals surface area contributed by atoms with Gasteiger partial charge in [-0.3, -0.25) is 19.2 Å². The van der Waals surface area contributed by atoms with Crippen molar-refractivity contribution in [3.8, 4) is 0 Å². The van der Waals surface area contributed by atoms with Crippen molar-refractivity contribution in [1.82, 2.24) is 44.7 Å². The molecule has 3 aromatic carbocycles. The lowest BCUT2D eigenvalue weighted by Gasteiger charge is -2.49. The average Bonchev–Trinajstić information content (AvgIpc) is 0.787. The van der Waals surface area contributed by atoms with Crippen LogP contribution in [0.15, 0.2) is 85.3 Å². The predicted octanol–water partition coefficient (Wildman–Crippen LogP) is 14.8. The van der Waals surface area contributed by atoms with Crippen molar-refractivity contribution in [1.29, 1.82) is 0 Å². The largest absolute Gasteiger partial charge is 0.372 e. The number of hydrogen-bond acceptors (Lipinski definition) is 9. The van der Waals surface area contributed by atoms with E-state index in [1.54, 1.807) is 12.5 Å². The first-order valence-electron chi connectivity index (χ1n) is 35.9. The second kappa shape index (κ2) is 31.9. The third-order valence-electron chi connectivity index (χ3n) is 21.9. The summed E-state index contributed by atoms with van der Waals surface area (Å²) in [6.07, 6.45) is 21.4. The van der Waals surface area contributed by atoms with Gasteiger partial charge in [-0.05, 0) is 242 Å². The van der Waals surface area contributed by atoms with Gasteiger partial charge in [0, 0.05) is 49.5 Å². The molecular formula is C78H125N9O5. The first-order chi connectivity index (χ1) is 43.7. The summed E-state index contributed by atoms with van der Waals surface area (Å²) in [5, 5.41) is 5.96. The number of nitrogens with zero attached hydrogens (tertiary/aromatic N) is 7. The normalized spacial score (nSPS) is 21.1. The van der Waals surface area contributed by atoms with Gasteiger partial charge in [-0.2, -0.15) is 0 Å². The van der Waals surface area contributed by atoms with Gasteiger partial charge in [0.05, 0.1) is 30.6 Å². The van der Waals surface area contributed by atoms with Gasteiger partial charge in [0.25, 0.3) is 5.91 Å². The molecule has 6 aliphatic rings. The van der Waals surface area contributed by atoms with Gasteiger partial charge in [-0.15, -0.1) is 0 Å². The van der Waals surface area contributed by atoms with Crippen molar-refractivity contribution in [3.05, 3.63) is 124 Å². The molecule has 0 radical (unpaired) electrons. The summed E-state index contributed by atoms with van der Waals surface area (Å²) >= 11 is 0. The molecule has 3 saturated heterocycles. The van der Waals surface area contributed by atoms with Crippen molar-refractivity contribution in [2.24, 2.45) is 23.3 Å². The number of nitrogens with one attached hydrogen (secondary N) is 2. The highest BCUT2D eigenvalue weighted by atomic mass is 16.5. The number of likely N-dealkylation sites (tertiary alicyclic amines) is 3. The monoisotopic (exact) mass is 1270 g/mol. The van der Waals surface area contributed by atoms with Crippen molar-refractivity contribution in [3.63, 3.8) is 0 Å². The third-order valence-corrected chi connectivity index (χ3v) is 21.9. The topological polar surface area (TPSA) is 136 Å². The zero-order chi connectivity index (χ0) is 66.5. The Balaban J connectivity index is 0.000000222. The summed E-state index contributed by atoms with van der Waals surface area (Å²) in [5.41, 5.74) is 11.1. The summed E-state index contributed by atoms with van der Waals surface area (Å²) < 4.78 is 7.10. The number of ether oxygens (including phenoxy) is 1. The van der Waals surface area contributed by atoms with E-state index < -0.39 is 0 Å². The highest BCUT2D eigenvalue weighted by Crippen LogP contribution is 2.52. The van der Waals surface area contributed by atoms with Crippen LogP contribution in [0.3, 0.4) is 0 Å². The summed E-state index contributed by atoms with van der Waals surface area (Å²) in [7, 11) is 1.89. The molecule has 3 aliphatic heterocycles. The fourth-order valence-corrected chi connectivity index (χ4v) is 16.1.